The Balaban J connectivity index is 3.15. The van der Waals surface area contributed by atoms with Gasteiger partial charge in [-0.1, -0.05) is 11.6 Å². The number of benzene rings is 1. The second-order valence-electron chi connectivity index (χ2n) is 3.33. The summed E-state index contributed by atoms with van der Waals surface area (Å²) >= 11 is 5.83. The summed E-state index contributed by atoms with van der Waals surface area (Å²) in [5.41, 5.74) is -0.466. The van der Waals surface area contributed by atoms with Crippen LogP contribution in [0.5, 0.6) is 0 Å². The van der Waals surface area contributed by atoms with E-state index in [9.17, 15) is 14.9 Å². The number of aromatic carboxylic acids is 1. The Morgan fingerprint density at radius 1 is 1.61 bits per heavy atom. The van der Waals surface area contributed by atoms with E-state index in [0.717, 1.165) is 12.1 Å². The molecular weight excluding hydrogens is 264 g/mol. The standard InChI is InChI=1S/C10H11ClN2O5/c1-18-3-2-12-9-7(10(14)15)4-6(13(16)17)5-8(9)11/h4-5,12H,2-3H2,1H3,(H,14,15). The van der Waals surface area contributed by atoms with Gasteiger partial charge in [-0.2, -0.15) is 0 Å². The molecule has 0 unspecified atom stereocenters. The zero-order valence-corrected chi connectivity index (χ0v) is 10.2. The number of halogens is 1. The minimum absolute atomic E-state index is 0.0160. The summed E-state index contributed by atoms with van der Waals surface area (Å²) in [5.74, 6) is -1.29. The van der Waals surface area contributed by atoms with Crippen LogP contribution >= 0.6 is 11.6 Å². The van der Waals surface area contributed by atoms with Crippen molar-refractivity contribution in [2.75, 3.05) is 25.6 Å². The van der Waals surface area contributed by atoms with Crippen LogP contribution in [0.4, 0.5) is 11.4 Å². The number of hydrogen-bond acceptors (Lipinski definition) is 5. The van der Waals surface area contributed by atoms with E-state index < -0.39 is 10.9 Å². The first-order valence-electron chi connectivity index (χ1n) is 4.91. The minimum Gasteiger partial charge on any atom is -0.478 e. The minimum atomic E-state index is -1.29. The molecule has 0 saturated heterocycles. The number of anilines is 1. The van der Waals surface area contributed by atoms with Crippen LogP contribution in [-0.4, -0.2) is 36.3 Å². The third-order valence-electron chi connectivity index (χ3n) is 2.12. The smallest absolute Gasteiger partial charge is 0.338 e. The SMILES string of the molecule is COCCNc1c(Cl)cc([N+](=O)[O-])cc1C(=O)O. The van der Waals surface area contributed by atoms with Crippen molar-refractivity contribution in [2.24, 2.45) is 0 Å². The van der Waals surface area contributed by atoms with Gasteiger partial charge in [0.05, 0.1) is 27.8 Å². The number of ether oxygens (including phenoxy) is 1. The van der Waals surface area contributed by atoms with Crippen molar-refractivity contribution in [1.82, 2.24) is 0 Å². The molecule has 0 heterocycles. The summed E-state index contributed by atoms with van der Waals surface area (Å²) in [6.07, 6.45) is 0. The number of carboxylic acids is 1. The molecule has 18 heavy (non-hydrogen) atoms. The summed E-state index contributed by atoms with van der Waals surface area (Å²) in [4.78, 5) is 20.9. The van der Waals surface area contributed by atoms with Gasteiger partial charge in [-0.3, -0.25) is 10.1 Å². The lowest BCUT2D eigenvalue weighted by Gasteiger charge is -2.11. The summed E-state index contributed by atoms with van der Waals surface area (Å²) in [5, 5.41) is 22.4. The zero-order valence-electron chi connectivity index (χ0n) is 9.47. The van der Waals surface area contributed by atoms with Crippen molar-refractivity contribution < 1.29 is 19.6 Å². The normalized spacial score (nSPS) is 10.1. The van der Waals surface area contributed by atoms with Gasteiger partial charge in [-0.05, 0) is 0 Å². The first-order valence-corrected chi connectivity index (χ1v) is 5.29. The third-order valence-corrected chi connectivity index (χ3v) is 2.42. The van der Waals surface area contributed by atoms with Gasteiger partial charge >= 0.3 is 5.97 Å². The Kier molecular flexibility index (Phi) is 4.87. The van der Waals surface area contributed by atoms with E-state index in [0.29, 0.717) is 13.2 Å². The number of nitrogens with one attached hydrogen (secondary N) is 1. The van der Waals surface area contributed by atoms with Crippen molar-refractivity contribution in [2.45, 2.75) is 0 Å². The third kappa shape index (κ3) is 3.31. The summed E-state index contributed by atoms with van der Waals surface area (Å²) < 4.78 is 4.80. The van der Waals surface area contributed by atoms with E-state index in [1.54, 1.807) is 0 Å². The van der Waals surface area contributed by atoms with E-state index in [2.05, 4.69) is 5.32 Å². The highest BCUT2D eigenvalue weighted by Crippen LogP contribution is 2.31. The molecule has 0 fully saturated rings. The second kappa shape index (κ2) is 6.18. The van der Waals surface area contributed by atoms with Crippen LogP contribution in [0.3, 0.4) is 0 Å². The first kappa shape index (κ1) is 14.2. The van der Waals surface area contributed by atoms with Gasteiger partial charge in [0.25, 0.3) is 5.69 Å². The van der Waals surface area contributed by atoms with E-state index in [1.807, 2.05) is 0 Å². The van der Waals surface area contributed by atoms with Gasteiger partial charge in [0.15, 0.2) is 0 Å². The van der Waals surface area contributed by atoms with Crippen molar-refractivity contribution in [3.8, 4) is 0 Å². The Morgan fingerprint density at radius 2 is 2.28 bits per heavy atom. The number of carboxylic acid groups (broad SMARTS) is 1. The van der Waals surface area contributed by atoms with Crippen LogP contribution in [0.15, 0.2) is 12.1 Å². The van der Waals surface area contributed by atoms with E-state index >= 15 is 0 Å². The number of nitrogens with zero attached hydrogens (tertiary/aromatic N) is 1. The average molecular weight is 275 g/mol. The van der Waals surface area contributed by atoms with Gasteiger partial charge in [0.2, 0.25) is 0 Å². The maximum absolute atomic E-state index is 11.0. The highest BCUT2D eigenvalue weighted by atomic mass is 35.5. The van der Waals surface area contributed by atoms with Crippen molar-refractivity contribution in [3.05, 3.63) is 32.8 Å². The van der Waals surface area contributed by atoms with E-state index in [1.165, 1.54) is 7.11 Å². The fourth-order valence-electron chi connectivity index (χ4n) is 1.32. The number of hydrogen-bond donors (Lipinski definition) is 2. The Labute approximate surface area is 107 Å². The molecule has 0 aliphatic rings. The molecule has 0 bridgehead atoms. The lowest BCUT2D eigenvalue weighted by Crippen LogP contribution is -2.12. The molecule has 0 saturated carbocycles. The second-order valence-corrected chi connectivity index (χ2v) is 3.74. The lowest BCUT2D eigenvalue weighted by atomic mass is 10.1. The van der Waals surface area contributed by atoms with Gasteiger partial charge in [-0.15, -0.1) is 0 Å². The average Bonchev–Trinajstić information content (AvgIpc) is 2.30. The fraction of sp³-hybridized carbons (Fsp3) is 0.300. The molecule has 0 aromatic heterocycles. The van der Waals surface area contributed by atoms with Crippen LogP contribution in [0.1, 0.15) is 10.4 Å². The molecule has 0 atom stereocenters. The summed E-state index contributed by atoms with van der Waals surface area (Å²) in [7, 11) is 1.50. The van der Waals surface area contributed by atoms with Crippen LogP contribution < -0.4 is 5.32 Å². The van der Waals surface area contributed by atoms with Gasteiger partial charge < -0.3 is 15.2 Å². The molecule has 0 aliphatic carbocycles. The topological polar surface area (TPSA) is 102 Å². The predicted octanol–water partition coefficient (Wildman–Crippen LogP) is 2.00. The van der Waals surface area contributed by atoms with E-state index in [-0.39, 0.29) is 22.0 Å². The number of methoxy groups -OCH3 is 1. The highest BCUT2D eigenvalue weighted by Gasteiger charge is 2.19. The Bertz CT molecular complexity index is 478. The molecule has 0 amide bonds. The molecule has 98 valence electrons. The lowest BCUT2D eigenvalue weighted by molar-refractivity contribution is -0.384. The number of nitro groups is 1. The summed E-state index contributed by atoms with van der Waals surface area (Å²) in [6, 6.07) is 2.06. The quantitative estimate of drug-likeness (QED) is 0.467. The highest BCUT2D eigenvalue weighted by molar-refractivity contribution is 6.34. The molecule has 2 N–H and O–H groups in total. The van der Waals surface area contributed by atoms with Gasteiger partial charge in [0.1, 0.15) is 0 Å². The zero-order chi connectivity index (χ0) is 13.7. The number of nitro benzene ring substituents is 1. The molecule has 1 aromatic carbocycles. The maximum Gasteiger partial charge on any atom is 0.338 e. The largest absolute Gasteiger partial charge is 0.478 e. The van der Waals surface area contributed by atoms with Crippen LogP contribution in [-0.2, 0) is 4.74 Å². The van der Waals surface area contributed by atoms with Crippen molar-refractivity contribution >= 4 is 28.9 Å². The molecule has 0 spiro atoms. The molecule has 1 aromatic rings. The monoisotopic (exact) mass is 274 g/mol. The van der Waals surface area contributed by atoms with Crippen LogP contribution in [0.25, 0.3) is 0 Å². The number of rotatable bonds is 6. The van der Waals surface area contributed by atoms with Crippen molar-refractivity contribution in [3.63, 3.8) is 0 Å². The van der Waals surface area contributed by atoms with Crippen LogP contribution in [0.2, 0.25) is 5.02 Å². The van der Waals surface area contributed by atoms with Crippen LogP contribution in [0, 0.1) is 10.1 Å². The predicted molar refractivity (Wildman–Crippen MR) is 65.4 cm³/mol. The Hall–Kier alpha value is -1.86. The molecule has 0 radical (unpaired) electrons. The molecular formula is C10H11ClN2O5. The summed E-state index contributed by atoms with van der Waals surface area (Å²) in [6.45, 7) is 0.695. The Morgan fingerprint density at radius 3 is 2.78 bits per heavy atom. The molecule has 7 nitrogen and oxygen atoms in total. The van der Waals surface area contributed by atoms with Gasteiger partial charge in [0, 0.05) is 25.8 Å². The first-order chi connectivity index (χ1) is 8.47. The molecule has 0 aliphatic heterocycles. The van der Waals surface area contributed by atoms with Gasteiger partial charge in [-0.25, -0.2) is 4.79 Å². The maximum atomic E-state index is 11.0. The fourth-order valence-corrected chi connectivity index (χ4v) is 1.60. The number of non-ortho nitro benzene ring substituents is 1. The van der Waals surface area contributed by atoms with Crippen molar-refractivity contribution in [1.29, 1.82) is 0 Å². The molecule has 1 rings (SSSR count). The number of carbonyl (C=O) groups is 1. The van der Waals surface area contributed by atoms with E-state index in [4.69, 9.17) is 21.4 Å². The molecule has 8 heteroatoms.